The third-order valence-electron chi connectivity index (χ3n) is 6.80. The molecular formula is C23H23ClFN5O2. The molecule has 4 fully saturated rings. The van der Waals surface area contributed by atoms with Crippen LogP contribution in [-0.2, 0) is 0 Å². The number of nitrogens with one attached hydrogen (secondary N) is 1. The predicted octanol–water partition coefficient (Wildman–Crippen LogP) is 4.02. The Bertz CT molecular complexity index is 1230. The van der Waals surface area contributed by atoms with Crippen molar-refractivity contribution in [3.63, 3.8) is 0 Å². The van der Waals surface area contributed by atoms with E-state index < -0.39 is 5.82 Å². The van der Waals surface area contributed by atoms with Crippen molar-refractivity contribution in [2.24, 2.45) is 0 Å². The van der Waals surface area contributed by atoms with Gasteiger partial charge in [0.05, 0.1) is 12.5 Å². The van der Waals surface area contributed by atoms with Crippen molar-refractivity contribution >= 4 is 28.3 Å². The maximum Gasteiger partial charge on any atom is 0.318 e. The molecule has 9 heteroatoms. The smallest absolute Gasteiger partial charge is 0.318 e. The lowest BCUT2D eigenvalue weighted by molar-refractivity contribution is 0.288. The predicted molar refractivity (Wildman–Crippen MR) is 120 cm³/mol. The summed E-state index contributed by atoms with van der Waals surface area (Å²) in [7, 11) is 1.48. The Balaban J connectivity index is 1.55. The first-order valence-electron chi connectivity index (χ1n) is 11.0. The molecule has 2 atom stereocenters. The number of phenols is 1. The molecule has 2 unspecified atom stereocenters. The second-order valence-corrected chi connectivity index (χ2v) is 9.28. The summed E-state index contributed by atoms with van der Waals surface area (Å²) in [6.07, 6.45) is 5.79. The number of pyridine rings is 1. The zero-order valence-corrected chi connectivity index (χ0v) is 18.4. The van der Waals surface area contributed by atoms with Gasteiger partial charge in [-0.2, -0.15) is 9.97 Å². The minimum atomic E-state index is -0.562. The van der Waals surface area contributed by atoms with Gasteiger partial charge in [-0.05, 0) is 49.3 Å². The van der Waals surface area contributed by atoms with Gasteiger partial charge in [-0.15, -0.1) is 0 Å². The van der Waals surface area contributed by atoms with Crippen LogP contribution in [0.1, 0.15) is 37.2 Å². The molecule has 2 N–H and O–H groups in total. The number of benzene rings is 1. The number of nitrogens with zero attached hydrogens (tertiary/aromatic N) is 4. The minimum Gasteiger partial charge on any atom is -0.508 e. The van der Waals surface area contributed by atoms with E-state index >= 15 is 4.39 Å². The second kappa shape index (κ2) is 7.42. The first-order valence-corrected chi connectivity index (χ1v) is 11.3. The molecule has 3 aliphatic heterocycles. The van der Waals surface area contributed by atoms with Crippen LogP contribution in [0.2, 0.25) is 5.02 Å². The van der Waals surface area contributed by atoms with Gasteiger partial charge in [-0.3, -0.25) is 4.98 Å². The lowest BCUT2D eigenvalue weighted by Gasteiger charge is -2.46. The SMILES string of the molecule is COc1nc(N2CC3CCC2CN3)c2cnc(-c3cc(O)cc(Cl)c3C3CC3)c(F)c2n1. The van der Waals surface area contributed by atoms with Crippen LogP contribution in [0, 0.1) is 5.82 Å². The highest BCUT2D eigenvalue weighted by atomic mass is 35.5. The van der Waals surface area contributed by atoms with Crippen molar-refractivity contribution in [3.05, 3.63) is 34.7 Å². The van der Waals surface area contributed by atoms with E-state index in [0.717, 1.165) is 44.3 Å². The number of piperazine rings is 1. The number of aromatic hydroxyl groups is 1. The van der Waals surface area contributed by atoms with E-state index in [1.807, 2.05) is 0 Å². The van der Waals surface area contributed by atoms with Crippen molar-refractivity contribution < 1.29 is 14.2 Å². The highest BCUT2D eigenvalue weighted by Gasteiger charge is 2.36. The summed E-state index contributed by atoms with van der Waals surface area (Å²) in [5, 5.41) is 14.7. The number of anilines is 1. The van der Waals surface area contributed by atoms with E-state index in [2.05, 4.69) is 25.2 Å². The molecule has 2 aromatic heterocycles. The average Bonchev–Trinajstić information content (AvgIpc) is 3.64. The van der Waals surface area contributed by atoms with Crippen LogP contribution in [0.5, 0.6) is 11.8 Å². The van der Waals surface area contributed by atoms with Crippen LogP contribution in [0.15, 0.2) is 18.3 Å². The van der Waals surface area contributed by atoms with E-state index in [-0.39, 0.29) is 34.9 Å². The molecule has 4 aliphatic rings. The third-order valence-corrected chi connectivity index (χ3v) is 7.11. The molecule has 3 saturated heterocycles. The fraction of sp³-hybridized carbons (Fsp3) is 0.435. The van der Waals surface area contributed by atoms with E-state index in [4.69, 9.17) is 16.3 Å². The van der Waals surface area contributed by atoms with Crippen molar-refractivity contribution in [2.75, 3.05) is 25.1 Å². The van der Waals surface area contributed by atoms with Gasteiger partial charge in [0.2, 0.25) is 0 Å². The van der Waals surface area contributed by atoms with Gasteiger partial charge in [-0.25, -0.2) is 4.39 Å². The Hall–Kier alpha value is -2.71. The van der Waals surface area contributed by atoms with Gasteiger partial charge in [0.1, 0.15) is 22.8 Å². The Morgan fingerprint density at radius 1 is 1.22 bits per heavy atom. The van der Waals surface area contributed by atoms with Crippen LogP contribution >= 0.6 is 11.6 Å². The standard InChI is InChI=1S/C23H23ClFN5O2/c1-32-23-28-21-16(22(29-23)30-10-12-4-5-13(30)8-26-12)9-27-20(19(21)25)15-6-14(31)7-17(24)18(15)11-2-3-11/h6-7,9,11-13,26,31H,2-5,8,10H2,1H3. The van der Waals surface area contributed by atoms with Gasteiger partial charge >= 0.3 is 6.01 Å². The molecule has 7 rings (SSSR count). The molecule has 7 nitrogen and oxygen atoms in total. The first kappa shape index (κ1) is 19.9. The number of hydrogen-bond donors (Lipinski definition) is 2. The number of aromatic nitrogens is 3. The number of halogens is 2. The second-order valence-electron chi connectivity index (χ2n) is 8.87. The fourth-order valence-electron chi connectivity index (χ4n) is 5.07. The van der Waals surface area contributed by atoms with Crippen molar-refractivity contribution in [1.82, 2.24) is 20.3 Å². The molecular weight excluding hydrogens is 433 g/mol. The number of rotatable bonds is 4. The first-order chi connectivity index (χ1) is 15.5. The van der Waals surface area contributed by atoms with Gasteiger partial charge in [0.25, 0.3) is 0 Å². The molecule has 5 heterocycles. The largest absolute Gasteiger partial charge is 0.508 e. The normalized spacial score (nSPS) is 22.5. The van der Waals surface area contributed by atoms with Crippen molar-refractivity contribution in [1.29, 1.82) is 0 Å². The summed E-state index contributed by atoms with van der Waals surface area (Å²) in [4.78, 5) is 15.6. The van der Waals surface area contributed by atoms with Gasteiger partial charge in [0.15, 0.2) is 5.82 Å². The summed E-state index contributed by atoms with van der Waals surface area (Å²) in [5.74, 6) is 0.320. The number of ether oxygens (including phenoxy) is 1. The van der Waals surface area contributed by atoms with Gasteiger partial charge in [0, 0.05) is 42.0 Å². The summed E-state index contributed by atoms with van der Waals surface area (Å²) in [6, 6.07) is 3.83. The Labute approximate surface area is 189 Å². The van der Waals surface area contributed by atoms with E-state index in [0.29, 0.717) is 27.8 Å². The monoisotopic (exact) mass is 455 g/mol. The molecule has 1 aliphatic carbocycles. The highest BCUT2D eigenvalue weighted by Crippen LogP contribution is 2.49. The van der Waals surface area contributed by atoms with E-state index in [1.165, 1.54) is 19.2 Å². The fourth-order valence-corrected chi connectivity index (χ4v) is 5.44. The molecule has 32 heavy (non-hydrogen) atoms. The lowest BCUT2D eigenvalue weighted by atomic mass is 9.93. The molecule has 1 aromatic carbocycles. The topological polar surface area (TPSA) is 83.4 Å². The molecule has 1 saturated carbocycles. The van der Waals surface area contributed by atoms with Crippen molar-refractivity contribution in [3.8, 4) is 23.0 Å². The Morgan fingerprint density at radius 3 is 2.72 bits per heavy atom. The maximum absolute atomic E-state index is 16.0. The zero-order valence-electron chi connectivity index (χ0n) is 17.6. The molecule has 0 spiro atoms. The number of phenolic OH excluding ortho intramolecular Hbond substituents is 1. The van der Waals surface area contributed by atoms with Gasteiger partial charge < -0.3 is 20.1 Å². The van der Waals surface area contributed by atoms with E-state index in [1.54, 1.807) is 6.20 Å². The number of piperidine rings is 2. The number of fused-ring (bicyclic) bond motifs is 4. The van der Waals surface area contributed by atoms with Crippen LogP contribution in [-0.4, -0.2) is 52.3 Å². The van der Waals surface area contributed by atoms with Crippen molar-refractivity contribution in [2.45, 2.75) is 43.7 Å². The molecule has 3 aromatic rings. The zero-order chi connectivity index (χ0) is 22.0. The van der Waals surface area contributed by atoms with Crippen LogP contribution in [0.25, 0.3) is 22.2 Å². The number of hydrogen-bond acceptors (Lipinski definition) is 7. The lowest BCUT2D eigenvalue weighted by Crippen LogP contribution is -2.61. The van der Waals surface area contributed by atoms with E-state index in [9.17, 15) is 5.11 Å². The Kier molecular flexibility index (Phi) is 4.62. The quantitative estimate of drug-likeness (QED) is 0.614. The summed E-state index contributed by atoms with van der Waals surface area (Å²) in [5.41, 5.74) is 1.63. The van der Waals surface area contributed by atoms with Crippen LogP contribution in [0.3, 0.4) is 0 Å². The Morgan fingerprint density at radius 2 is 2.06 bits per heavy atom. The van der Waals surface area contributed by atoms with Gasteiger partial charge in [-0.1, -0.05) is 11.6 Å². The number of methoxy groups -OCH3 is 1. The summed E-state index contributed by atoms with van der Waals surface area (Å²) in [6.45, 7) is 1.68. The highest BCUT2D eigenvalue weighted by molar-refractivity contribution is 6.32. The molecule has 0 radical (unpaired) electrons. The average molecular weight is 456 g/mol. The summed E-state index contributed by atoms with van der Waals surface area (Å²) >= 11 is 6.43. The third kappa shape index (κ3) is 3.16. The van der Waals surface area contributed by atoms with Crippen LogP contribution in [0.4, 0.5) is 10.2 Å². The maximum atomic E-state index is 16.0. The molecule has 166 valence electrons. The van der Waals surface area contributed by atoms with Crippen LogP contribution < -0.4 is 15.0 Å². The molecule has 2 bridgehead atoms. The molecule has 0 amide bonds. The minimum absolute atomic E-state index is 0.0199. The summed E-state index contributed by atoms with van der Waals surface area (Å²) < 4.78 is 21.3.